The average molecular weight is 278 g/mol. The van der Waals surface area contributed by atoms with Gasteiger partial charge in [0.15, 0.2) is 5.15 Å². The molecule has 0 radical (unpaired) electrons. The van der Waals surface area contributed by atoms with Gasteiger partial charge in [0.25, 0.3) is 0 Å². The van der Waals surface area contributed by atoms with Crippen molar-refractivity contribution in [2.75, 3.05) is 12.3 Å². The number of aromatic nitrogens is 1. The van der Waals surface area contributed by atoms with Crippen molar-refractivity contribution in [3.8, 4) is 0 Å². The van der Waals surface area contributed by atoms with Crippen LogP contribution in [0.15, 0.2) is 6.07 Å². The molecule has 4 N–H and O–H groups in total. The summed E-state index contributed by atoms with van der Waals surface area (Å²) in [7, 11) is 0. The summed E-state index contributed by atoms with van der Waals surface area (Å²) in [6.07, 6.45) is -0.773. The van der Waals surface area contributed by atoms with Gasteiger partial charge in [-0.25, -0.2) is 4.98 Å². The highest BCUT2D eigenvalue weighted by molar-refractivity contribution is 6.38. The zero-order valence-electron chi connectivity index (χ0n) is 10.1. The number of hydrogen-bond donors (Lipinski definition) is 3. The topological polar surface area (TPSA) is 71.2 Å². The minimum atomic E-state index is -0.773. The molecule has 0 fully saturated rings. The van der Waals surface area contributed by atoms with Crippen LogP contribution in [0.5, 0.6) is 0 Å². The fraction of sp³-hybridized carbons (Fsp3) is 0.545. The summed E-state index contributed by atoms with van der Waals surface area (Å²) >= 11 is 11.7. The number of nitrogens with zero attached hydrogens (tertiary/aromatic N) is 1. The van der Waals surface area contributed by atoms with Gasteiger partial charge in [0.05, 0.1) is 16.4 Å². The number of aliphatic hydroxyl groups excluding tert-OH is 1. The Kier molecular flexibility index (Phi) is 4.61. The van der Waals surface area contributed by atoms with Crippen LogP contribution in [-0.2, 0) is 0 Å². The fourth-order valence-corrected chi connectivity index (χ4v) is 1.64. The van der Waals surface area contributed by atoms with E-state index in [9.17, 15) is 5.11 Å². The molecule has 1 rings (SSSR count). The Bertz CT molecular complexity index is 381. The Morgan fingerprint density at radius 2 is 2.06 bits per heavy atom. The van der Waals surface area contributed by atoms with E-state index in [-0.39, 0.29) is 16.4 Å². The van der Waals surface area contributed by atoms with E-state index in [1.807, 2.05) is 20.8 Å². The van der Waals surface area contributed by atoms with E-state index in [2.05, 4.69) is 10.3 Å². The summed E-state index contributed by atoms with van der Waals surface area (Å²) < 4.78 is 0. The van der Waals surface area contributed by atoms with Gasteiger partial charge in [0, 0.05) is 12.1 Å². The van der Waals surface area contributed by atoms with Crippen LogP contribution in [-0.4, -0.2) is 22.2 Å². The standard InChI is InChI=1S/C11H17Cl2N3O/c1-11(2,3)15-5-8(17)7-4-6(12)9(14)10(13)16-7/h4,8,15,17H,5,14H2,1-3H3. The Labute approximate surface area is 111 Å². The first-order chi connectivity index (χ1) is 7.70. The number of anilines is 1. The SMILES string of the molecule is CC(C)(C)NCC(O)c1cc(Cl)c(N)c(Cl)n1. The Morgan fingerprint density at radius 1 is 1.47 bits per heavy atom. The Hall–Kier alpha value is -0.550. The number of aliphatic hydroxyl groups is 1. The zero-order chi connectivity index (χ0) is 13.2. The number of halogens is 2. The molecule has 0 amide bonds. The maximum Gasteiger partial charge on any atom is 0.153 e. The lowest BCUT2D eigenvalue weighted by Gasteiger charge is -2.22. The molecular weight excluding hydrogens is 261 g/mol. The van der Waals surface area contributed by atoms with E-state index in [4.69, 9.17) is 28.9 Å². The maximum absolute atomic E-state index is 9.94. The molecule has 0 bridgehead atoms. The van der Waals surface area contributed by atoms with Crippen molar-refractivity contribution in [1.29, 1.82) is 0 Å². The van der Waals surface area contributed by atoms with Crippen LogP contribution in [0.1, 0.15) is 32.6 Å². The van der Waals surface area contributed by atoms with Crippen molar-refractivity contribution in [1.82, 2.24) is 10.3 Å². The number of nitrogens with two attached hydrogens (primary N) is 1. The van der Waals surface area contributed by atoms with E-state index in [1.54, 1.807) is 0 Å². The summed E-state index contributed by atoms with van der Waals surface area (Å²) in [4.78, 5) is 4.00. The predicted molar refractivity (Wildman–Crippen MR) is 71.4 cm³/mol. The lowest BCUT2D eigenvalue weighted by Crippen LogP contribution is -2.38. The van der Waals surface area contributed by atoms with Gasteiger partial charge >= 0.3 is 0 Å². The average Bonchev–Trinajstić information content (AvgIpc) is 2.20. The predicted octanol–water partition coefficient (Wildman–Crippen LogP) is 2.39. The van der Waals surface area contributed by atoms with Gasteiger partial charge in [0.2, 0.25) is 0 Å². The van der Waals surface area contributed by atoms with Gasteiger partial charge in [-0.1, -0.05) is 23.2 Å². The molecule has 0 aliphatic carbocycles. The van der Waals surface area contributed by atoms with Gasteiger partial charge in [-0.15, -0.1) is 0 Å². The second-order valence-electron chi connectivity index (χ2n) is 4.88. The third-order valence-electron chi connectivity index (χ3n) is 2.15. The van der Waals surface area contributed by atoms with Crippen LogP contribution >= 0.6 is 23.2 Å². The molecule has 0 aromatic carbocycles. The molecule has 1 aromatic rings. The van der Waals surface area contributed by atoms with Crippen LogP contribution in [0, 0.1) is 0 Å². The molecule has 0 spiro atoms. The normalized spacial score (nSPS) is 13.8. The number of rotatable bonds is 3. The maximum atomic E-state index is 9.94. The highest BCUT2D eigenvalue weighted by Crippen LogP contribution is 2.28. The first-order valence-electron chi connectivity index (χ1n) is 5.25. The monoisotopic (exact) mass is 277 g/mol. The highest BCUT2D eigenvalue weighted by atomic mass is 35.5. The summed E-state index contributed by atoms with van der Waals surface area (Å²) in [5.41, 5.74) is 6.13. The molecule has 1 heterocycles. The van der Waals surface area contributed by atoms with Crippen molar-refractivity contribution in [2.24, 2.45) is 0 Å². The number of pyridine rings is 1. The molecule has 1 unspecified atom stereocenters. The van der Waals surface area contributed by atoms with E-state index in [1.165, 1.54) is 6.07 Å². The molecular formula is C11H17Cl2N3O. The highest BCUT2D eigenvalue weighted by Gasteiger charge is 2.16. The summed E-state index contributed by atoms with van der Waals surface area (Å²) in [5.74, 6) is 0. The first-order valence-corrected chi connectivity index (χ1v) is 6.01. The quantitative estimate of drug-likeness (QED) is 0.742. The Morgan fingerprint density at radius 3 is 2.53 bits per heavy atom. The van der Waals surface area contributed by atoms with E-state index in [0.717, 1.165) is 0 Å². The fourth-order valence-electron chi connectivity index (χ4n) is 1.19. The zero-order valence-corrected chi connectivity index (χ0v) is 11.6. The second-order valence-corrected chi connectivity index (χ2v) is 5.65. The molecule has 0 saturated heterocycles. The lowest BCUT2D eigenvalue weighted by atomic mass is 10.1. The third kappa shape index (κ3) is 4.32. The lowest BCUT2D eigenvalue weighted by molar-refractivity contribution is 0.159. The smallest absolute Gasteiger partial charge is 0.153 e. The van der Waals surface area contributed by atoms with E-state index < -0.39 is 6.10 Å². The second kappa shape index (κ2) is 5.40. The molecule has 0 aliphatic heterocycles. The minimum Gasteiger partial charge on any atom is -0.395 e. The van der Waals surface area contributed by atoms with Crippen LogP contribution in [0.4, 0.5) is 5.69 Å². The minimum absolute atomic E-state index is 0.0810. The van der Waals surface area contributed by atoms with Gasteiger partial charge in [0.1, 0.15) is 6.10 Å². The number of β-amino-alcohol motifs (C(OH)–C–C–N with tert-alkyl or cyclic N) is 1. The van der Waals surface area contributed by atoms with Gasteiger partial charge in [-0.2, -0.15) is 0 Å². The van der Waals surface area contributed by atoms with Gasteiger partial charge < -0.3 is 16.2 Å². The Balaban J connectivity index is 2.79. The van der Waals surface area contributed by atoms with Gasteiger partial charge in [-0.05, 0) is 26.8 Å². The van der Waals surface area contributed by atoms with Crippen molar-refractivity contribution < 1.29 is 5.11 Å². The summed E-state index contributed by atoms with van der Waals surface area (Å²) in [6.45, 7) is 6.40. The van der Waals surface area contributed by atoms with Crippen LogP contribution in [0.3, 0.4) is 0 Å². The van der Waals surface area contributed by atoms with E-state index in [0.29, 0.717) is 17.3 Å². The molecule has 17 heavy (non-hydrogen) atoms. The van der Waals surface area contributed by atoms with Crippen molar-refractivity contribution >= 4 is 28.9 Å². The van der Waals surface area contributed by atoms with Crippen LogP contribution < -0.4 is 11.1 Å². The number of nitrogens with one attached hydrogen (secondary N) is 1. The summed E-state index contributed by atoms with van der Waals surface area (Å²) in [5, 5.41) is 13.5. The first kappa shape index (κ1) is 14.5. The summed E-state index contributed by atoms with van der Waals surface area (Å²) in [6, 6.07) is 1.53. The molecule has 4 nitrogen and oxygen atoms in total. The third-order valence-corrected chi connectivity index (χ3v) is 2.75. The van der Waals surface area contributed by atoms with Crippen LogP contribution in [0.2, 0.25) is 10.2 Å². The van der Waals surface area contributed by atoms with Crippen molar-refractivity contribution in [2.45, 2.75) is 32.4 Å². The van der Waals surface area contributed by atoms with Crippen molar-refractivity contribution in [3.63, 3.8) is 0 Å². The molecule has 1 atom stereocenters. The molecule has 1 aromatic heterocycles. The molecule has 0 aliphatic rings. The number of hydrogen-bond acceptors (Lipinski definition) is 4. The van der Waals surface area contributed by atoms with Crippen LogP contribution in [0.25, 0.3) is 0 Å². The largest absolute Gasteiger partial charge is 0.395 e. The molecule has 6 heteroatoms. The number of nitrogen functional groups attached to an aromatic ring is 1. The molecule has 0 saturated carbocycles. The van der Waals surface area contributed by atoms with Crippen molar-refractivity contribution in [3.05, 3.63) is 21.9 Å². The molecule has 96 valence electrons. The van der Waals surface area contributed by atoms with E-state index >= 15 is 0 Å². The van der Waals surface area contributed by atoms with Gasteiger partial charge in [-0.3, -0.25) is 0 Å².